The number of esters is 1. The number of nitrogens with zero attached hydrogens (tertiary/aromatic N) is 1. The summed E-state index contributed by atoms with van der Waals surface area (Å²) in [7, 11) is 0. The van der Waals surface area contributed by atoms with Gasteiger partial charge in [0.15, 0.2) is 0 Å². The average molecular weight is 247 g/mol. The minimum atomic E-state index is -0.0411. The van der Waals surface area contributed by atoms with E-state index < -0.39 is 0 Å². The smallest absolute Gasteiger partial charge is 0.310 e. The molecule has 3 nitrogen and oxygen atoms in total. The highest BCUT2D eigenvalue weighted by molar-refractivity contribution is 5.73. The van der Waals surface area contributed by atoms with Gasteiger partial charge in [-0.25, -0.2) is 0 Å². The largest absolute Gasteiger partial charge is 0.466 e. The van der Waals surface area contributed by atoms with Crippen LogP contribution < -0.4 is 0 Å². The minimum absolute atomic E-state index is 0.0358. The van der Waals surface area contributed by atoms with Crippen LogP contribution in [-0.4, -0.2) is 30.6 Å². The topological polar surface area (TPSA) is 29.5 Å². The molecule has 98 valence electrons. The third-order valence-electron chi connectivity index (χ3n) is 3.53. The van der Waals surface area contributed by atoms with Gasteiger partial charge in [0.1, 0.15) is 0 Å². The van der Waals surface area contributed by atoms with Crippen LogP contribution in [0.5, 0.6) is 0 Å². The normalized spacial score (nSPS) is 24.1. The Morgan fingerprint density at radius 1 is 1.33 bits per heavy atom. The second kappa shape index (κ2) is 6.01. The van der Waals surface area contributed by atoms with Gasteiger partial charge in [-0.1, -0.05) is 37.3 Å². The maximum absolute atomic E-state index is 11.8. The zero-order valence-electron chi connectivity index (χ0n) is 11.1. The number of carbonyl (C=O) groups excluding carboxylic acids is 1. The van der Waals surface area contributed by atoms with Gasteiger partial charge in [-0.2, -0.15) is 0 Å². The van der Waals surface area contributed by atoms with Crippen LogP contribution in [0.15, 0.2) is 30.3 Å². The fourth-order valence-corrected chi connectivity index (χ4v) is 2.59. The van der Waals surface area contributed by atoms with Crippen molar-refractivity contribution in [3.05, 3.63) is 35.9 Å². The van der Waals surface area contributed by atoms with E-state index in [0.29, 0.717) is 12.5 Å². The molecule has 1 fully saturated rings. The van der Waals surface area contributed by atoms with Gasteiger partial charge in [0.2, 0.25) is 0 Å². The van der Waals surface area contributed by atoms with Crippen LogP contribution >= 0.6 is 0 Å². The number of rotatable bonds is 4. The molecule has 0 aromatic heterocycles. The van der Waals surface area contributed by atoms with Crippen LogP contribution in [0.1, 0.15) is 19.4 Å². The Balaban J connectivity index is 1.92. The molecule has 0 aliphatic carbocycles. The number of ether oxygens (including phenoxy) is 1. The van der Waals surface area contributed by atoms with E-state index >= 15 is 0 Å². The van der Waals surface area contributed by atoms with Crippen molar-refractivity contribution in [1.29, 1.82) is 0 Å². The molecular formula is C15H21NO2. The number of carbonyl (C=O) groups is 1. The Morgan fingerprint density at radius 2 is 2.06 bits per heavy atom. The first kappa shape index (κ1) is 13.1. The third-order valence-corrected chi connectivity index (χ3v) is 3.53. The van der Waals surface area contributed by atoms with Crippen LogP contribution in [0.25, 0.3) is 0 Å². The van der Waals surface area contributed by atoms with Crippen LogP contribution in [-0.2, 0) is 16.1 Å². The molecule has 0 saturated carbocycles. The summed E-state index contributed by atoms with van der Waals surface area (Å²) in [6.07, 6.45) is 0. The lowest BCUT2D eigenvalue weighted by Crippen LogP contribution is -2.25. The van der Waals surface area contributed by atoms with E-state index in [9.17, 15) is 4.79 Å². The van der Waals surface area contributed by atoms with Crippen molar-refractivity contribution in [2.75, 3.05) is 19.7 Å². The van der Waals surface area contributed by atoms with Gasteiger partial charge in [0, 0.05) is 19.6 Å². The molecule has 3 heteroatoms. The standard InChI is InChI=1S/C15H21NO2/c1-3-18-15(17)14-11-16(9-12(14)2)10-13-7-5-4-6-8-13/h4-8,12,14H,3,9-11H2,1-2H3/t12?,14-/m1/s1. The monoisotopic (exact) mass is 247 g/mol. The van der Waals surface area contributed by atoms with Crippen LogP contribution in [0.3, 0.4) is 0 Å². The molecule has 1 aromatic carbocycles. The summed E-state index contributed by atoms with van der Waals surface area (Å²) < 4.78 is 5.13. The first-order valence-electron chi connectivity index (χ1n) is 6.63. The summed E-state index contributed by atoms with van der Waals surface area (Å²) in [5.74, 6) is 0.377. The fourth-order valence-electron chi connectivity index (χ4n) is 2.59. The second-order valence-corrected chi connectivity index (χ2v) is 5.02. The third kappa shape index (κ3) is 3.10. The predicted octanol–water partition coefficient (Wildman–Crippen LogP) is 2.32. The Morgan fingerprint density at radius 3 is 2.72 bits per heavy atom. The molecule has 1 aliphatic heterocycles. The van der Waals surface area contributed by atoms with Crippen LogP contribution in [0.4, 0.5) is 0 Å². The molecular weight excluding hydrogens is 226 g/mol. The second-order valence-electron chi connectivity index (χ2n) is 5.02. The summed E-state index contributed by atoms with van der Waals surface area (Å²) in [5, 5.41) is 0. The van der Waals surface area contributed by atoms with Crippen molar-refractivity contribution in [2.45, 2.75) is 20.4 Å². The maximum atomic E-state index is 11.8. The summed E-state index contributed by atoms with van der Waals surface area (Å²) in [4.78, 5) is 14.1. The molecule has 0 spiro atoms. The number of benzene rings is 1. The highest BCUT2D eigenvalue weighted by Crippen LogP contribution is 2.25. The van der Waals surface area contributed by atoms with Gasteiger partial charge in [-0.3, -0.25) is 9.69 Å². The van der Waals surface area contributed by atoms with Gasteiger partial charge < -0.3 is 4.74 Å². The van der Waals surface area contributed by atoms with Gasteiger partial charge >= 0.3 is 5.97 Å². The molecule has 18 heavy (non-hydrogen) atoms. The van der Waals surface area contributed by atoms with Crippen molar-refractivity contribution in [3.63, 3.8) is 0 Å². The molecule has 0 radical (unpaired) electrons. The Kier molecular flexibility index (Phi) is 4.37. The van der Waals surface area contributed by atoms with Crippen LogP contribution in [0.2, 0.25) is 0 Å². The number of hydrogen-bond acceptors (Lipinski definition) is 3. The van der Waals surface area contributed by atoms with Crippen molar-refractivity contribution < 1.29 is 9.53 Å². The molecule has 2 rings (SSSR count). The van der Waals surface area contributed by atoms with E-state index in [1.807, 2.05) is 13.0 Å². The van der Waals surface area contributed by atoms with E-state index in [-0.39, 0.29) is 11.9 Å². The van der Waals surface area contributed by atoms with Crippen molar-refractivity contribution >= 4 is 5.97 Å². The first-order valence-corrected chi connectivity index (χ1v) is 6.63. The molecule has 0 bridgehead atoms. The van der Waals surface area contributed by atoms with Gasteiger partial charge in [-0.05, 0) is 18.4 Å². The Hall–Kier alpha value is -1.35. The molecule has 1 aromatic rings. The SMILES string of the molecule is CCOC(=O)[C@@H]1CN(Cc2ccccc2)CC1C. The zero-order chi connectivity index (χ0) is 13.0. The molecule has 2 atom stereocenters. The maximum Gasteiger partial charge on any atom is 0.310 e. The van der Waals surface area contributed by atoms with Crippen molar-refractivity contribution in [2.24, 2.45) is 11.8 Å². The Labute approximate surface area is 109 Å². The van der Waals surface area contributed by atoms with Gasteiger partial charge in [0.05, 0.1) is 12.5 Å². The first-order chi connectivity index (χ1) is 8.70. The lowest BCUT2D eigenvalue weighted by molar-refractivity contribution is -0.148. The summed E-state index contributed by atoms with van der Waals surface area (Å²) in [5.41, 5.74) is 1.30. The zero-order valence-corrected chi connectivity index (χ0v) is 11.1. The highest BCUT2D eigenvalue weighted by atomic mass is 16.5. The molecule has 1 aliphatic rings. The molecule has 1 unspecified atom stereocenters. The minimum Gasteiger partial charge on any atom is -0.466 e. The fraction of sp³-hybridized carbons (Fsp3) is 0.533. The lowest BCUT2D eigenvalue weighted by Gasteiger charge is -2.15. The van der Waals surface area contributed by atoms with E-state index in [0.717, 1.165) is 19.6 Å². The van der Waals surface area contributed by atoms with Crippen molar-refractivity contribution in [1.82, 2.24) is 4.90 Å². The molecule has 1 heterocycles. The molecule has 0 amide bonds. The van der Waals surface area contributed by atoms with E-state index in [1.165, 1.54) is 5.56 Å². The molecule has 0 N–H and O–H groups in total. The van der Waals surface area contributed by atoms with E-state index in [2.05, 4.69) is 36.1 Å². The highest BCUT2D eigenvalue weighted by Gasteiger charge is 2.35. The average Bonchev–Trinajstić information content (AvgIpc) is 2.72. The predicted molar refractivity (Wildman–Crippen MR) is 71.0 cm³/mol. The number of likely N-dealkylation sites (tertiary alicyclic amines) is 1. The number of hydrogen-bond donors (Lipinski definition) is 0. The Bertz CT molecular complexity index is 391. The lowest BCUT2D eigenvalue weighted by atomic mass is 9.99. The van der Waals surface area contributed by atoms with E-state index in [1.54, 1.807) is 0 Å². The van der Waals surface area contributed by atoms with Crippen molar-refractivity contribution in [3.8, 4) is 0 Å². The molecule has 1 saturated heterocycles. The summed E-state index contributed by atoms with van der Waals surface area (Å²) in [6, 6.07) is 10.4. The summed E-state index contributed by atoms with van der Waals surface area (Å²) in [6.45, 7) is 7.17. The van der Waals surface area contributed by atoms with Gasteiger partial charge in [0.25, 0.3) is 0 Å². The quantitative estimate of drug-likeness (QED) is 0.765. The van der Waals surface area contributed by atoms with Gasteiger partial charge in [-0.15, -0.1) is 0 Å². The van der Waals surface area contributed by atoms with E-state index in [4.69, 9.17) is 4.74 Å². The summed E-state index contributed by atoms with van der Waals surface area (Å²) >= 11 is 0. The van der Waals surface area contributed by atoms with Crippen LogP contribution in [0, 0.1) is 11.8 Å².